The largest absolute Gasteiger partial charge is 0.416 e. The maximum Gasteiger partial charge on any atom is 0.416 e. The first-order valence-corrected chi connectivity index (χ1v) is 26.0. The van der Waals surface area contributed by atoms with Gasteiger partial charge in [0.05, 0.1) is 89.2 Å². The van der Waals surface area contributed by atoms with Gasteiger partial charge in [0.2, 0.25) is 0 Å². The maximum atomic E-state index is 15.5. The predicted octanol–water partition coefficient (Wildman–Crippen LogP) is 18.4. The number of aryl methyl sites for hydroxylation is 1. The molecule has 11 aromatic carbocycles. The van der Waals surface area contributed by atoms with E-state index in [0.29, 0.717) is 50.4 Å². The average molecular weight is 1010 g/mol. The van der Waals surface area contributed by atoms with E-state index in [2.05, 4.69) is 159 Å². The Morgan fingerprint density at radius 3 is 0.846 bits per heavy atom. The summed E-state index contributed by atoms with van der Waals surface area (Å²) in [6.45, 7) is 2.09. The first-order valence-electron chi connectivity index (χ1n) is 26.0. The molecule has 0 aliphatic rings. The molecular weight excluding hydrogens is 970 g/mol. The molecule has 9 heteroatoms. The Morgan fingerprint density at radius 2 is 0.538 bits per heavy atom. The Morgan fingerprint density at radius 1 is 0.295 bits per heavy atom. The van der Waals surface area contributed by atoms with Crippen LogP contribution in [0.25, 0.3) is 137 Å². The fourth-order valence-electron chi connectivity index (χ4n) is 13.1. The Kier molecular flexibility index (Phi) is 9.09. The number of halogens is 3. The fourth-order valence-corrected chi connectivity index (χ4v) is 13.1. The third-order valence-electron chi connectivity index (χ3n) is 16.2. The average Bonchev–Trinajstić information content (AvgIpc) is 4.44. The monoisotopic (exact) mass is 1010 g/mol. The summed E-state index contributed by atoms with van der Waals surface area (Å²) in [5.74, 6) is 0. The van der Waals surface area contributed by atoms with Gasteiger partial charge in [-0.2, -0.15) is 18.4 Å². The number of nitrogens with zero attached hydrogens (tertiary/aromatic N) is 6. The van der Waals surface area contributed by atoms with Gasteiger partial charge in [-0.15, -0.1) is 0 Å². The van der Waals surface area contributed by atoms with Crippen LogP contribution in [-0.2, 0) is 6.18 Å². The van der Waals surface area contributed by atoms with Crippen LogP contribution in [0.15, 0.2) is 231 Å². The number of aromatic nitrogens is 5. The summed E-state index contributed by atoms with van der Waals surface area (Å²) in [7, 11) is 0. The Labute approximate surface area is 443 Å². The molecule has 0 aliphatic heterocycles. The Balaban J connectivity index is 1.31. The van der Waals surface area contributed by atoms with Crippen molar-refractivity contribution >= 4 is 109 Å². The smallest absolute Gasteiger partial charge is 0.306 e. The molecule has 6 nitrogen and oxygen atoms in total. The molecule has 0 amide bonds. The minimum absolute atomic E-state index is 0.319. The van der Waals surface area contributed by atoms with Crippen LogP contribution in [0.1, 0.15) is 16.7 Å². The SMILES string of the molecule is Cc1ccc2c3ccccc3n(-c3c(-n4c5ccccc5c5ccccc54)c(C#N)c(-n4c5ccccc5c5ccccc54)c(-n4c5ccccc5c5ccc(C(F)(F)F)cc54)c3-n3c4ccccc4c4ccccc43)c2c1. The molecule has 0 fully saturated rings. The highest BCUT2D eigenvalue weighted by Gasteiger charge is 2.37. The lowest BCUT2D eigenvalue weighted by Gasteiger charge is -2.30. The molecule has 0 saturated heterocycles. The number of fused-ring (bicyclic) bond motifs is 15. The summed E-state index contributed by atoms with van der Waals surface area (Å²) in [6.07, 6.45) is -4.68. The zero-order valence-corrected chi connectivity index (χ0v) is 41.8. The van der Waals surface area contributed by atoms with Crippen molar-refractivity contribution in [3.63, 3.8) is 0 Å². The van der Waals surface area contributed by atoms with Gasteiger partial charge in [0.25, 0.3) is 0 Å². The van der Waals surface area contributed by atoms with Crippen molar-refractivity contribution in [2.45, 2.75) is 13.1 Å². The topological polar surface area (TPSA) is 48.4 Å². The number of hydrogen-bond acceptors (Lipinski definition) is 1. The lowest BCUT2D eigenvalue weighted by atomic mass is 10.0. The summed E-state index contributed by atoms with van der Waals surface area (Å²) in [4.78, 5) is 0. The molecule has 0 saturated carbocycles. The molecule has 0 unspecified atom stereocenters. The molecule has 78 heavy (non-hydrogen) atoms. The normalized spacial score (nSPS) is 12.3. The third kappa shape index (κ3) is 5.91. The van der Waals surface area contributed by atoms with E-state index in [1.54, 1.807) is 6.07 Å². The van der Waals surface area contributed by atoms with Crippen LogP contribution < -0.4 is 0 Å². The molecule has 0 spiro atoms. The van der Waals surface area contributed by atoms with Crippen molar-refractivity contribution < 1.29 is 13.2 Å². The van der Waals surface area contributed by atoms with Gasteiger partial charge in [0.15, 0.2) is 0 Å². The number of para-hydroxylation sites is 8. The summed E-state index contributed by atoms with van der Waals surface area (Å²) >= 11 is 0. The molecule has 16 rings (SSSR count). The zero-order chi connectivity index (χ0) is 52.1. The highest BCUT2D eigenvalue weighted by Crippen LogP contribution is 2.52. The molecule has 5 heterocycles. The molecule has 0 aliphatic carbocycles. The van der Waals surface area contributed by atoms with E-state index in [9.17, 15) is 5.26 Å². The minimum Gasteiger partial charge on any atom is -0.306 e. The maximum absolute atomic E-state index is 15.5. The highest BCUT2D eigenvalue weighted by molar-refractivity contribution is 6.18. The van der Waals surface area contributed by atoms with Crippen LogP contribution in [0.4, 0.5) is 13.2 Å². The minimum atomic E-state index is -4.68. The van der Waals surface area contributed by atoms with Crippen molar-refractivity contribution in [1.29, 1.82) is 5.26 Å². The van der Waals surface area contributed by atoms with Crippen molar-refractivity contribution in [3.8, 4) is 34.5 Å². The molecule has 0 bridgehead atoms. The number of hydrogen-bond donors (Lipinski definition) is 0. The van der Waals surface area contributed by atoms with Crippen LogP contribution in [0.5, 0.6) is 0 Å². The van der Waals surface area contributed by atoms with Crippen LogP contribution in [0.2, 0.25) is 0 Å². The summed E-state index contributed by atoms with van der Waals surface area (Å²) in [6, 6.07) is 79.6. The van der Waals surface area contributed by atoms with Gasteiger partial charge < -0.3 is 22.8 Å². The van der Waals surface area contributed by atoms with Crippen LogP contribution in [0, 0.1) is 18.3 Å². The second-order valence-electron chi connectivity index (χ2n) is 20.3. The van der Waals surface area contributed by atoms with Gasteiger partial charge in [0, 0.05) is 53.9 Å². The van der Waals surface area contributed by atoms with E-state index >= 15 is 13.2 Å². The van der Waals surface area contributed by atoms with Gasteiger partial charge in [0.1, 0.15) is 11.6 Å². The summed E-state index contributed by atoms with van der Waals surface area (Å²) in [5.41, 5.74) is 11.5. The van der Waals surface area contributed by atoms with E-state index in [0.717, 1.165) is 98.2 Å². The first-order chi connectivity index (χ1) is 38.3. The zero-order valence-electron chi connectivity index (χ0n) is 41.8. The highest BCUT2D eigenvalue weighted by atomic mass is 19.4. The van der Waals surface area contributed by atoms with Gasteiger partial charge in [-0.1, -0.05) is 164 Å². The molecule has 16 aromatic rings. The van der Waals surface area contributed by atoms with Crippen molar-refractivity contribution in [2.75, 3.05) is 0 Å². The van der Waals surface area contributed by atoms with Crippen molar-refractivity contribution in [1.82, 2.24) is 22.8 Å². The number of benzene rings is 11. The number of rotatable bonds is 5. The Hall–Kier alpha value is -10.3. The van der Waals surface area contributed by atoms with Gasteiger partial charge >= 0.3 is 6.18 Å². The van der Waals surface area contributed by atoms with E-state index in [4.69, 9.17) is 0 Å². The molecule has 368 valence electrons. The quantitative estimate of drug-likeness (QED) is 0.169. The van der Waals surface area contributed by atoms with Crippen LogP contribution in [0.3, 0.4) is 0 Å². The molecule has 5 aromatic heterocycles. The van der Waals surface area contributed by atoms with Gasteiger partial charge in [-0.3, -0.25) is 0 Å². The fraction of sp³-hybridized carbons (Fsp3) is 0.0290. The predicted molar refractivity (Wildman–Crippen MR) is 313 cm³/mol. The second kappa shape index (κ2) is 16.1. The second-order valence-corrected chi connectivity index (χ2v) is 20.3. The van der Waals surface area contributed by atoms with E-state index in [-0.39, 0.29) is 0 Å². The van der Waals surface area contributed by atoms with E-state index < -0.39 is 11.7 Å². The summed E-state index contributed by atoms with van der Waals surface area (Å²) < 4.78 is 57.6. The lowest BCUT2D eigenvalue weighted by molar-refractivity contribution is -0.137. The molecule has 0 atom stereocenters. The lowest BCUT2D eigenvalue weighted by Crippen LogP contribution is -2.19. The Bertz CT molecular complexity index is 5140. The summed E-state index contributed by atoms with van der Waals surface area (Å²) in [5, 5.41) is 22.2. The van der Waals surface area contributed by atoms with Crippen molar-refractivity contribution in [2.24, 2.45) is 0 Å². The van der Waals surface area contributed by atoms with Crippen LogP contribution in [-0.4, -0.2) is 22.8 Å². The van der Waals surface area contributed by atoms with Gasteiger partial charge in [-0.05, 0) is 79.2 Å². The van der Waals surface area contributed by atoms with Crippen LogP contribution >= 0.6 is 0 Å². The molecule has 0 N–H and O–H groups in total. The van der Waals surface area contributed by atoms with Crippen molar-refractivity contribution in [3.05, 3.63) is 247 Å². The molecular formula is C69H41F3N6. The molecule has 0 radical (unpaired) electrons. The number of alkyl halides is 3. The number of nitriles is 1. The van der Waals surface area contributed by atoms with E-state index in [1.165, 1.54) is 12.1 Å². The standard InChI is InChI=1S/C69H41F3N6/c1-41-34-36-51-49-24-8-16-32-60(49)77(62(51)38-41)66-64(74-54-26-10-2-18-43(54)44-19-3-11-27-55(44)74)53(40-73)65(75-56-28-12-4-20-45(56)46-21-5-13-29-57(46)75)67(68(66)76-58-30-14-6-22-47(58)48-23-7-15-31-59(48)76)78-61-33-17-9-25-50(61)52-37-35-42(39-63(52)78)69(70,71)72/h2-39H,1H3. The first kappa shape index (κ1) is 44.0. The third-order valence-corrected chi connectivity index (χ3v) is 16.2. The van der Waals surface area contributed by atoms with Gasteiger partial charge in [-0.25, -0.2) is 0 Å². The van der Waals surface area contributed by atoms with E-state index in [1.807, 2.05) is 89.5 Å².